The van der Waals surface area contributed by atoms with Crippen molar-refractivity contribution in [2.24, 2.45) is 0 Å². The van der Waals surface area contributed by atoms with Gasteiger partial charge >= 0.3 is 18.0 Å². The van der Waals surface area contributed by atoms with Gasteiger partial charge in [0.15, 0.2) is 23.6 Å². The first kappa shape index (κ1) is 30.2. The van der Waals surface area contributed by atoms with Gasteiger partial charge in [-0.25, -0.2) is 19.4 Å². The Kier molecular flexibility index (Phi) is 8.56. The molecule has 0 aliphatic rings. The van der Waals surface area contributed by atoms with Crippen molar-refractivity contribution in [1.82, 2.24) is 34.1 Å². The van der Waals surface area contributed by atoms with Crippen LogP contribution in [0.2, 0.25) is 10.0 Å². The molecule has 1 atom stereocenters. The number of Topliss-reactive ketones (excluding diaryl/α,β-unsaturated/α-hetero) is 1. The molecule has 0 spiro atoms. The molecule has 0 bridgehead atoms. The fourth-order valence-corrected chi connectivity index (χ4v) is 3.91. The first-order valence-corrected chi connectivity index (χ1v) is 12.2. The number of carbonyl (C=O) groups excluding carboxylic acids is 1. The number of aromatic nitrogens is 7. The van der Waals surface area contributed by atoms with Gasteiger partial charge in [-0.05, 0) is 36.4 Å². The Balaban J connectivity index is 1.77. The summed E-state index contributed by atoms with van der Waals surface area (Å²) in [6, 6.07) is 8.42. The Hall–Kier alpha value is -3.76. The Bertz CT molecular complexity index is 1610. The van der Waals surface area contributed by atoms with E-state index in [1.807, 2.05) is 0 Å². The van der Waals surface area contributed by atoms with Gasteiger partial charge in [-0.1, -0.05) is 23.2 Å². The standard InChI is InChI=1S/C23H17Cl2F6N7O3/c24-13-5-3-12(4-6-13)18-35-37(21(41)36(18)10-16(40)23(29,30)31)11-17-33-20(15(39)7-8-22(26,27)28)38(34-17)19-14(25)2-1-9-32-19/h1-6,9,16,40H,7-8,10-11H2/t16-/m0/s1. The van der Waals surface area contributed by atoms with Crippen molar-refractivity contribution in [1.29, 1.82) is 0 Å². The van der Waals surface area contributed by atoms with E-state index < -0.39 is 61.7 Å². The van der Waals surface area contributed by atoms with Gasteiger partial charge in [0, 0.05) is 23.2 Å². The van der Waals surface area contributed by atoms with Gasteiger partial charge in [0.2, 0.25) is 11.6 Å². The zero-order chi connectivity index (χ0) is 30.1. The number of carbonyl (C=O) groups is 1. The number of hydrogen-bond acceptors (Lipinski definition) is 7. The number of hydrogen-bond donors (Lipinski definition) is 1. The maximum Gasteiger partial charge on any atom is 0.416 e. The van der Waals surface area contributed by atoms with Crippen LogP contribution in [0, 0.1) is 0 Å². The third-order valence-electron chi connectivity index (χ3n) is 5.53. The Morgan fingerprint density at radius 2 is 1.71 bits per heavy atom. The molecule has 10 nitrogen and oxygen atoms in total. The summed E-state index contributed by atoms with van der Waals surface area (Å²) < 4.78 is 79.7. The normalized spacial score (nSPS) is 13.0. The number of alkyl halides is 6. The lowest BCUT2D eigenvalue weighted by molar-refractivity contribution is -0.207. The molecule has 0 aliphatic heterocycles. The van der Waals surface area contributed by atoms with Gasteiger partial charge in [-0.15, -0.1) is 10.2 Å². The number of rotatable bonds is 9. The lowest BCUT2D eigenvalue weighted by Crippen LogP contribution is -2.37. The predicted octanol–water partition coefficient (Wildman–Crippen LogP) is 4.49. The van der Waals surface area contributed by atoms with Crippen LogP contribution in [-0.4, -0.2) is 63.4 Å². The van der Waals surface area contributed by atoms with Gasteiger partial charge in [-0.2, -0.15) is 31.0 Å². The number of nitrogens with zero attached hydrogens (tertiary/aromatic N) is 7. The van der Waals surface area contributed by atoms with Crippen LogP contribution >= 0.6 is 23.2 Å². The van der Waals surface area contributed by atoms with Crippen LogP contribution in [-0.2, 0) is 13.1 Å². The average Bonchev–Trinajstić information content (AvgIpc) is 3.44. The van der Waals surface area contributed by atoms with Crippen LogP contribution in [0.25, 0.3) is 17.2 Å². The largest absolute Gasteiger partial charge is 0.416 e. The summed E-state index contributed by atoms with van der Waals surface area (Å²) in [5, 5.41) is 18.0. The zero-order valence-electron chi connectivity index (χ0n) is 20.4. The number of benzene rings is 1. The van der Waals surface area contributed by atoms with E-state index in [9.17, 15) is 41.0 Å². The molecular weight excluding hydrogens is 607 g/mol. The average molecular weight is 624 g/mol. The highest BCUT2D eigenvalue weighted by molar-refractivity contribution is 6.32. The monoisotopic (exact) mass is 623 g/mol. The summed E-state index contributed by atoms with van der Waals surface area (Å²) in [6.07, 6.45) is -13.7. The molecule has 0 saturated heterocycles. The smallest absolute Gasteiger partial charge is 0.382 e. The highest BCUT2D eigenvalue weighted by Crippen LogP contribution is 2.26. The SMILES string of the molecule is O=C(CCC(F)(F)F)c1nc(Cn2nc(-c3ccc(Cl)cc3)n(C[C@H](O)C(F)(F)F)c2=O)nn1-c1ncccc1Cl. The van der Waals surface area contributed by atoms with Crippen molar-refractivity contribution in [2.45, 2.75) is 44.4 Å². The highest BCUT2D eigenvalue weighted by atomic mass is 35.5. The Morgan fingerprint density at radius 1 is 1.02 bits per heavy atom. The van der Waals surface area contributed by atoms with Gasteiger partial charge in [0.1, 0.15) is 6.54 Å². The lowest BCUT2D eigenvalue weighted by Gasteiger charge is -2.15. The maximum atomic E-state index is 13.1. The van der Waals surface area contributed by atoms with Crippen molar-refractivity contribution in [3.8, 4) is 17.2 Å². The number of halogens is 8. The fraction of sp³-hybridized carbons (Fsp3) is 0.304. The van der Waals surface area contributed by atoms with E-state index in [1.54, 1.807) is 0 Å². The minimum atomic E-state index is -5.05. The fourth-order valence-electron chi connectivity index (χ4n) is 3.58. The van der Waals surface area contributed by atoms with Crippen LogP contribution in [0.1, 0.15) is 29.3 Å². The molecule has 3 aromatic heterocycles. The Morgan fingerprint density at radius 3 is 2.32 bits per heavy atom. The first-order chi connectivity index (χ1) is 19.1. The lowest BCUT2D eigenvalue weighted by atomic mass is 10.2. The molecule has 1 N–H and O–H groups in total. The van der Waals surface area contributed by atoms with Crippen molar-refractivity contribution < 1.29 is 36.2 Å². The predicted molar refractivity (Wildman–Crippen MR) is 132 cm³/mol. The molecule has 41 heavy (non-hydrogen) atoms. The zero-order valence-corrected chi connectivity index (χ0v) is 21.9. The molecule has 1 aromatic carbocycles. The van der Waals surface area contributed by atoms with E-state index in [1.165, 1.54) is 42.6 Å². The molecule has 218 valence electrons. The van der Waals surface area contributed by atoms with E-state index in [0.717, 1.165) is 4.68 Å². The summed E-state index contributed by atoms with van der Waals surface area (Å²) in [4.78, 5) is 33.8. The van der Waals surface area contributed by atoms with Crippen LogP contribution in [0.5, 0.6) is 0 Å². The molecule has 0 amide bonds. The Labute approximate surface area is 235 Å². The maximum absolute atomic E-state index is 13.1. The van der Waals surface area contributed by atoms with E-state index in [-0.39, 0.29) is 28.1 Å². The summed E-state index contributed by atoms with van der Waals surface area (Å²) in [5.41, 5.74) is -0.920. The molecule has 0 radical (unpaired) electrons. The molecule has 4 aromatic rings. The minimum Gasteiger partial charge on any atom is -0.382 e. The summed E-state index contributed by atoms with van der Waals surface area (Å²) >= 11 is 12.0. The molecule has 3 heterocycles. The van der Waals surface area contributed by atoms with E-state index in [4.69, 9.17) is 23.2 Å². The molecule has 0 unspecified atom stereocenters. The molecule has 0 aliphatic carbocycles. The van der Waals surface area contributed by atoms with Crippen molar-refractivity contribution >= 4 is 29.0 Å². The third kappa shape index (κ3) is 7.12. The van der Waals surface area contributed by atoms with Crippen molar-refractivity contribution in [3.05, 3.63) is 74.8 Å². The van der Waals surface area contributed by atoms with E-state index >= 15 is 0 Å². The van der Waals surface area contributed by atoms with Crippen molar-refractivity contribution in [3.63, 3.8) is 0 Å². The third-order valence-corrected chi connectivity index (χ3v) is 6.07. The minimum absolute atomic E-state index is 0.0265. The van der Waals surface area contributed by atoms with Gasteiger partial charge < -0.3 is 5.11 Å². The van der Waals surface area contributed by atoms with E-state index in [2.05, 4.69) is 20.2 Å². The van der Waals surface area contributed by atoms with Gasteiger partial charge in [0.05, 0.1) is 18.0 Å². The van der Waals surface area contributed by atoms with Crippen LogP contribution in [0.15, 0.2) is 47.4 Å². The molecule has 18 heteroatoms. The second-order valence-electron chi connectivity index (χ2n) is 8.55. The first-order valence-electron chi connectivity index (χ1n) is 11.5. The number of ketones is 1. The highest BCUT2D eigenvalue weighted by Gasteiger charge is 2.39. The van der Waals surface area contributed by atoms with Crippen LogP contribution < -0.4 is 5.69 Å². The van der Waals surface area contributed by atoms with Crippen LogP contribution in [0.3, 0.4) is 0 Å². The molecule has 0 fully saturated rings. The molecule has 0 saturated carbocycles. The van der Waals surface area contributed by atoms with Gasteiger partial charge in [0.25, 0.3) is 0 Å². The molecule has 4 rings (SSSR count). The quantitative estimate of drug-likeness (QED) is 0.215. The summed E-state index contributed by atoms with van der Waals surface area (Å²) in [6.45, 7) is -1.82. The second-order valence-corrected chi connectivity index (χ2v) is 9.39. The number of aliphatic hydroxyl groups is 1. The number of pyridine rings is 1. The molecular formula is C23H17Cl2F6N7O3. The van der Waals surface area contributed by atoms with Crippen LogP contribution in [0.4, 0.5) is 26.3 Å². The second kappa shape index (κ2) is 11.6. The number of aliphatic hydroxyl groups excluding tert-OH is 1. The summed E-state index contributed by atoms with van der Waals surface area (Å²) in [5.74, 6) is -2.34. The summed E-state index contributed by atoms with van der Waals surface area (Å²) in [7, 11) is 0. The van der Waals surface area contributed by atoms with E-state index in [0.29, 0.717) is 14.3 Å². The van der Waals surface area contributed by atoms with Gasteiger partial charge in [-0.3, -0.25) is 9.36 Å². The topological polar surface area (TPSA) is 121 Å². The van der Waals surface area contributed by atoms with Crippen molar-refractivity contribution in [2.75, 3.05) is 0 Å².